The van der Waals surface area contributed by atoms with Crippen LogP contribution in [0.5, 0.6) is 11.5 Å². The molecule has 0 saturated heterocycles. The number of carbonyl (C=O) groups is 1. The van der Waals surface area contributed by atoms with Gasteiger partial charge in [-0.1, -0.05) is 24.3 Å². The lowest BCUT2D eigenvalue weighted by atomic mass is 9.93. The summed E-state index contributed by atoms with van der Waals surface area (Å²) in [6.07, 6.45) is 1.72. The molecule has 196 valence electrons. The van der Waals surface area contributed by atoms with Crippen LogP contribution in [-0.4, -0.2) is 15.6 Å². The first-order valence-corrected chi connectivity index (χ1v) is 13.2. The Morgan fingerprint density at radius 1 is 0.974 bits per heavy atom. The van der Waals surface area contributed by atoms with Gasteiger partial charge in [-0.05, 0) is 68.3 Å². The van der Waals surface area contributed by atoms with E-state index < -0.39 is 17.3 Å². The zero-order chi connectivity index (χ0) is 27.6. The van der Waals surface area contributed by atoms with Gasteiger partial charge < -0.3 is 14.4 Å². The first kappa shape index (κ1) is 25.0. The molecule has 0 radical (unpaired) electrons. The molecule has 3 aromatic carbocycles. The molecule has 39 heavy (non-hydrogen) atoms. The van der Waals surface area contributed by atoms with Crippen LogP contribution in [0.15, 0.2) is 77.7 Å². The van der Waals surface area contributed by atoms with Gasteiger partial charge in [0.05, 0.1) is 16.2 Å². The molecule has 1 aliphatic heterocycles. The van der Waals surface area contributed by atoms with Crippen molar-refractivity contribution in [2.75, 3.05) is 4.90 Å². The Morgan fingerprint density at radius 2 is 1.72 bits per heavy atom. The van der Waals surface area contributed by atoms with Gasteiger partial charge in [0.1, 0.15) is 16.3 Å². The van der Waals surface area contributed by atoms with E-state index >= 15 is 0 Å². The van der Waals surface area contributed by atoms with E-state index in [0.717, 1.165) is 11.3 Å². The molecule has 0 aliphatic carbocycles. The molecule has 8 heteroatoms. The molecule has 0 spiro atoms. The third kappa shape index (κ3) is 4.13. The van der Waals surface area contributed by atoms with Crippen LogP contribution in [0.25, 0.3) is 21.2 Å². The van der Waals surface area contributed by atoms with Crippen molar-refractivity contribution in [3.05, 3.63) is 105 Å². The predicted molar refractivity (Wildman–Crippen MR) is 152 cm³/mol. The highest BCUT2D eigenvalue weighted by Crippen LogP contribution is 2.46. The van der Waals surface area contributed by atoms with E-state index in [2.05, 4.69) is 0 Å². The van der Waals surface area contributed by atoms with E-state index in [1.165, 1.54) is 21.6 Å². The second kappa shape index (κ2) is 8.90. The normalized spacial score (nSPS) is 13.2. The number of aromatic nitrogens is 1. The Hall–Kier alpha value is -4.27. The molecule has 0 unspecified atom stereocenters. The summed E-state index contributed by atoms with van der Waals surface area (Å²) < 4.78 is 23.4. The van der Waals surface area contributed by atoms with Crippen LogP contribution in [0, 0.1) is 12.7 Å². The Balaban J connectivity index is 1.76. The third-order valence-electron chi connectivity index (χ3n) is 6.94. The fourth-order valence-electron chi connectivity index (χ4n) is 4.94. The number of benzene rings is 3. The number of ether oxygens (including phenoxy) is 1. The van der Waals surface area contributed by atoms with Gasteiger partial charge >= 0.3 is 0 Å². The number of nitrogens with zero attached hydrogens (tertiary/aromatic N) is 2. The highest BCUT2D eigenvalue weighted by atomic mass is 32.1. The number of halogens is 1. The van der Waals surface area contributed by atoms with Crippen LogP contribution < -0.4 is 15.2 Å². The van der Waals surface area contributed by atoms with Gasteiger partial charge in [0.25, 0.3) is 11.5 Å². The van der Waals surface area contributed by atoms with Crippen LogP contribution in [0.2, 0.25) is 0 Å². The zero-order valence-corrected chi connectivity index (χ0v) is 22.6. The largest absolute Gasteiger partial charge is 0.454 e. The van der Waals surface area contributed by atoms with Gasteiger partial charge in [-0.3, -0.25) is 14.5 Å². The van der Waals surface area contributed by atoms with Gasteiger partial charge in [0.15, 0.2) is 5.75 Å². The van der Waals surface area contributed by atoms with E-state index in [-0.39, 0.29) is 11.2 Å². The van der Waals surface area contributed by atoms with Crippen molar-refractivity contribution in [3.8, 4) is 22.6 Å². The summed E-state index contributed by atoms with van der Waals surface area (Å²) in [7, 11) is 1.66. The zero-order valence-electron chi connectivity index (χ0n) is 21.8. The highest BCUT2D eigenvalue weighted by Gasteiger charge is 2.30. The van der Waals surface area contributed by atoms with Gasteiger partial charge in [-0.2, -0.15) is 0 Å². The molecule has 5 aromatic rings. The lowest BCUT2D eigenvalue weighted by molar-refractivity contribution is 0.0786. The minimum atomic E-state index is -1.14. The Bertz CT molecular complexity index is 1850. The molecule has 6 nitrogen and oxygen atoms in total. The molecule has 1 amide bonds. The number of hydrogen-bond donors (Lipinski definition) is 1. The van der Waals surface area contributed by atoms with Crippen LogP contribution in [-0.2, 0) is 12.6 Å². The Morgan fingerprint density at radius 3 is 2.44 bits per heavy atom. The number of hydrogen-bond acceptors (Lipinski definition) is 5. The van der Waals surface area contributed by atoms with Crippen molar-refractivity contribution in [3.63, 3.8) is 0 Å². The molecule has 2 aromatic heterocycles. The fourth-order valence-corrected chi connectivity index (χ4v) is 6.02. The molecule has 0 fully saturated rings. The molecule has 6 rings (SSSR count). The smallest absolute Gasteiger partial charge is 0.273 e. The highest BCUT2D eigenvalue weighted by molar-refractivity contribution is 7.21. The third-order valence-corrected chi connectivity index (χ3v) is 8.05. The van der Waals surface area contributed by atoms with Gasteiger partial charge in [-0.15, -0.1) is 11.3 Å². The van der Waals surface area contributed by atoms with Gasteiger partial charge in [-0.25, -0.2) is 4.39 Å². The predicted octanol–water partition coefficient (Wildman–Crippen LogP) is 7.03. The number of carbonyl (C=O) groups excluding carboxylic acids is 1. The van der Waals surface area contributed by atoms with Crippen molar-refractivity contribution in [1.82, 2.24) is 4.57 Å². The topological polar surface area (TPSA) is 71.8 Å². The lowest BCUT2D eigenvalue weighted by Gasteiger charge is -2.27. The van der Waals surface area contributed by atoms with E-state index in [9.17, 15) is 19.1 Å². The second-order valence-corrected chi connectivity index (χ2v) is 11.3. The molecule has 3 heterocycles. The number of aliphatic hydroxyl groups is 1. The van der Waals surface area contributed by atoms with Crippen LogP contribution in [0.3, 0.4) is 0 Å². The van der Waals surface area contributed by atoms with E-state index in [0.29, 0.717) is 54.4 Å². The number of rotatable bonds is 2. The maximum absolute atomic E-state index is 14.9. The molecule has 0 atom stereocenters. The summed E-state index contributed by atoms with van der Waals surface area (Å²) in [5, 5.41) is 11.4. The second-order valence-electron chi connectivity index (χ2n) is 10.2. The van der Waals surface area contributed by atoms with E-state index in [1.54, 1.807) is 76.5 Å². The van der Waals surface area contributed by atoms with Crippen molar-refractivity contribution in [2.24, 2.45) is 7.05 Å². The van der Waals surface area contributed by atoms with Crippen LogP contribution in [0.4, 0.5) is 15.8 Å². The van der Waals surface area contributed by atoms with Crippen LogP contribution >= 0.6 is 11.3 Å². The minimum absolute atomic E-state index is 0.232. The summed E-state index contributed by atoms with van der Waals surface area (Å²) >= 11 is 1.11. The molecule has 2 bridgehead atoms. The summed E-state index contributed by atoms with van der Waals surface area (Å²) in [5.74, 6) is -0.159. The first-order valence-electron chi connectivity index (χ1n) is 12.4. The van der Waals surface area contributed by atoms with Crippen molar-refractivity contribution < 1.29 is 19.0 Å². The maximum atomic E-state index is 14.9. The van der Waals surface area contributed by atoms with Crippen molar-refractivity contribution in [2.45, 2.75) is 26.4 Å². The summed E-state index contributed by atoms with van der Waals surface area (Å²) in [6.45, 7) is 5.12. The summed E-state index contributed by atoms with van der Waals surface area (Å²) in [6, 6.07) is 18.7. The Kier molecular flexibility index (Phi) is 5.71. The molecule has 0 saturated carbocycles. The lowest BCUT2D eigenvalue weighted by Crippen LogP contribution is -2.26. The Labute approximate surface area is 228 Å². The van der Waals surface area contributed by atoms with Gasteiger partial charge in [0, 0.05) is 41.5 Å². The van der Waals surface area contributed by atoms with Crippen LogP contribution in [0.1, 0.15) is 34.6 Å². The maximum Gasteiger partial charge on any atom is 0.273 e. The minimum Gasteiger partial charge on any atom is -0.454 e. The molecular formula is C31H25FN2O4S. The average molecular weight is 541 g/mol. The molecular weight excluding hydrogens is 515 g/mol. The number of thiophene rings is 1. The molecule has 1 aliphatic rings. The number of fused-ring (bicyclic) bond motifs is 4. The summed E-state index contributed by atoms with van der Waals surface area (Å²) in [4.78, 5) is 29.2. The van der Waals surface area contributed by atoms with E-state index in [1.807, 2.05) is 12.1 Å². The quantitative estimate of drug-likeness (QED) is 0.261. The number of pyridine rings is 1. The van der Waals surface area contributed by atoms with E-state index in [4.69, 9.17) is 4.74 Å². The number of aryl methyl sites for hydroxylation is 2. The molecule has 1 N–H and O–H groups in total. The SMILES string of the molecule is Cc1cc(F)cc2c1Oc1ccc(C(C)(C)O)cc1-c1cn(C)c(=O)c3sc(cc13)C(=O)N2c1ccccc1. The van der Waals surface area contributed by atoms with Crippen molar-refractivity contribution >= 4 is 38.7 Å². The standard InChI is InChI=1S/C31H25FN2O4S/c1-17-12-19(32)14-24-27(17)38-25-11-10-18(31(2,3)37)13-21(25)23-16-33(4)30(36)28-22(23)15-26(39-28)29(35)34(24)20-8-6-5-7-9-20/h5-16,37H,1-4H3. The summed E-state index contributed by atoms with van der Waals surface area (Å²) in [5.41, 5.74) is 1.86. The average Bonchev–Trinajstić information content (AvgIpc) is 3.33. The number of amides is 1. The number of para-hydroxylation sites is 1. The fraction of sp³-hybridized carbons (Fsp3) is 0.161. The van der Waals surface area contributed by atoms with Crippen molar-refractivity contribution in [1.29, 1.82) is 0 Å². The first-order chi connectivity index (χ1) is 18.5. The monoisotopic (exact) mass is 540 g/mol. The number of anilines is 2. The van der Waals surface area contributed by atoms with Gasteiger partial charge in [0.2, 0.25) is 0 Å².